The van der Waals surface area contributed by atoms with E-state index in [4.69, 9.17) is 5.73 Å². The molecule has 1 heterocycles. The van der Waals surface area contributed by atoms with Crippen molar-refractivity contribution >= 4 is 23.1 Å². The minimum atomic E-state index is 0.929. The summed E-state index contributed by atoms with van der Waals surface area (Å²) in [7, 11) is 0. The molecule has 1 aromatic rings. The minimum Gasteiger partial charge on any atom is -0.398 e. The molecule has 0 unspecified atom stereocenters. The molecule has 1 aromatic carbocycles. The van der Waals surface area contributed by atoms with E-state index in [1.165, 1.54) is 47.7 Å². The fourth-order valence-electron chi connectivity index (χ4n) is 2.38. The lowest BCUT2D eigenvalue weighted by atomic mass is 10.1. The molecule has 1 aliphatic rings. The van der Waals surface area contributed by atoms with Gasteiger partial charge in [0, 0.05) is 24.5 Å². The lowest BCUT2D eigenvalue weighted by molar-refractivity contribution is 0.802. The van der Waals surface area contributed by atoms with Gasteiger partial charge in [-0.3, -0.25) is 0 Å². The number of nitrogens with zero attached hydrogens (tertiary/aromatic N) is 1. The Bertz CT molecular complexity index is 390. The van der Waals surface area contributed by atoms with E-state index in [1.54, 1.807) is 0 Å². The number of benzene rings is 1. The van der Waals surface area contributed by atoms with Crippen molar-refractivity contribution in [3.8, 4) is 0 Å². The normalized spacial score (nSPS) is 14.1. The Morgan fingerprint density at radius 2 is 2.24 bits per heavy atom. The Labute approximate surface area is 109 Å². The average molecular weight is 250 g/mol. The van der Waals surface area contributed by atoms with Crippen LogP contribution in [0.2, 0.25) is 0 Å². The van der Waals surface area contributed by atoms with E-state index < -0.39 is 0 Å². The monoisotopic (exact) mass is 250 g/mol. The van der Waals surface area contributed by atoms with E-state index in [1.807, 2.05) is 11.8 Å². The van der Waals surface area contributed by atoms with Gasteiger partial charge in [-0.05, 0) is 48.5 Å². The Morgan fingerprint density at radius 1 is 1.41 bits per heavy atom. The maximum atomic E-state index is 6.00. The van der Waals surface area contributed by atoms with Crippen LogP contribution >= 0.6 is 11.8 Å². The Morgan fingerprint density at radius 3 is 3.00 bits per heavy atom. The number of nitrogen functional groups attached to an aromatic ring is 1. The number of thioether (sulfide) groups is 1. The molecule has 0 aromatic heterocycles. The molecular weight excluding hydrogens is 228 g/mol. The zero-order valence-electron chi connectivity index (χ0n) is 10.8. The molecule has 0 atom stereocenters. The average Bonchev–Trinajstić information content (AvgIpc) is 2.68. The van der Waals surface area contributed by atoms with Crippen LogP contribution in [-0.2, 0) is 6.42 Å². The van der Waals surface area contributed by atoms with Crippen molar-refractivity contribution in [1.82, 2.24) is 0 Å². The van der Waals surface area contributed by atoms with Crippen molar-refractivity contribution in [2.45, 2.75) is 26.7 Å². The minimum absolute atomic E-state index is 0.929. The van der Waals surface area contributed by atoms with Gasteiger partial charge in [0.1, 0.15) is 0 Å². The molecule has 2 N–H and O–H groups in total. The molecule has 0 bridgehead atoms. The number of nitrogens with two attached hydrogens (primary N) is 1. The first-order valence-corrected chi connectivity index (χ1v) is 7.59. The van der Waals surface area contributed by atoms with Gasteiger partial charge in [-0.1, -0.05) is 13.0 Å². The first-order valence-electron chi connectivity index (χ1n) is 6.44. The molecule has 2 rings (SSSR count). The third kappa shape index (κ3) is 2.89. The van der Waals surface area contributed by atoms with E-state index >= 15 is 0 Å². The number of hydrogen-bond donors (Lipinski definition) is 1. The van der Waals surface area contributed by atoms with Crippen LogP contribution in [0.4, 0.5) is 11.4 Å². The lowest BCUT2D eigenvalue weighted by Gasteiger charge is -2.19. The number of fused-ring (bicyclic) bond motifs is 1. The van der Waals surface area contributed by atoms with Crippen molar-refractivity contribution in [2.75, 3.05) is 35.2 Å². The highest BCUT2D eigenvalue weighted by molar-refractivity contribution is 7.99. The summed E-state index contributed by atoms with van der Waals surface area (Å²) < 4.78 is 0. The SMILES string of the molecule is CCSCCCN1CCc2cc(C)c(N)cc21. The van der Waals surface area contributed by atoms with Gasteiger partial charge in [0.15, 0.2) is 0 Å². The van der Waals surface area contributed by atoms with Crippen LogP contribution in [0.25, 0.3) is 0 Å². The summed E-state index contributed by atoms with van der Waals surface area (Å²) in [6.07, 6.45) is 2.45. The predicted octanol–water partition coefficient (Wildman–Crippen LogP) is 3.08. The molecule has 17 heavy (non-hydrogen) atoms. The van der Waals surface area contributed by atoms with Gasteiger partial charge < -0.3 is 10.6 Å². The second kappa shape index (κ2) is 5.67. The molecule has 0 saturated carbocycles. The summed E-state index contributed by atoms with van der Waals surface area (Å²) in [6.45, 7) is 6.65. The Balaban J connectivity index is 1.99. The molecule has 2 nitrogen and oxygen atoms in total. The maximum Gasteiger partial charge on any atom is 0.0420 e. The third-order valence-corrected chi connectivity index (χ3v) is 4.37. The van der Waals surface area contributed by atoms with Gasteiger partial charge in [0.25, 0.3) is 0 Å². The van der Waals surface area contributed by atoms with Gasteiger partial charge in [0.05, 0.1) is 0 Å². The topological polar surface area (TPSA) is 29.3 Å². The zero-order valence-corrected chi connectivity index (χ0v) is 11.6. The van der Waals surface area contributed by atoms with E-state index in [2.05, 4.69) is 30.9 Å². The Kier molecular flexibility index (Phi) is 4.21. The maximum absolute atomic E-state index is 6.00. The van der Waals surface area contributed by atoms with E-state index in [-0.39, 0.29) is 0 Å². The summed E-state index contributed by atoms with van der Waals surface area (Å²) >= 11 is 2.03. The molecule has 0 saturated heterocycles. The van der Waals surface area contributed by atoms with E-state index in [0.29, 0.717) is 0 Å². The molecule has 0 fully saturated rings. The molecular formula is C14H22N2S. The summed E-state index contributed by atoms with van der Waals surface area (Å²) in [5.41, 5.74) is 11.0. The van der Waals surface area contributed by atoms with Crippen molar-refractivity contribution in [1.29, 1.82) is 0 Å². The first-order chi connectivity index (χ1) is 8.22. The van der Waals surface area contributed by atoms with Crippen LogP contribution in [-0.4, -0.2) is 24.6 Å². The van der Waals surface area contributed by atoms with Gasteiger partial charge in [-0.2, -0.15) is 11.8 Å². The highest BCUT2D eigenvalue weighted by atomic mass is 32.2. The van der Waals surface area contributed by atoms with Crippen molar-refractivity contribution in [2.24, 2.45) is 0 Å². The number of rotatable bonds is 5. The van der Waals surface area contributed by atoms with E-state index in [0.717, 1.165) is 12.2 Å². The van der Waals surface area contributed by atoms with Crippen LogP contribution in [0.5, 0.6) is 0 Å². The second-order valence-corrected chi connectivity index (χ2v) is 6.02. The zero-order chi connectivity index (χ0) is 12.3. The smallest absolute Gasteiger partial charge is 0.0420 e. The highest BCUT2D eigenvalue weighted by Gasteiger charge is 2.19. The third-order valence-electron chi connectivity index (χ3n) is 3.38. The van der Waals surface area contributed by atoms with Gasteiger partial charge >= 0.3 is 0 Å². The lowest BCUT2D eigenvalue weighted by Crippen LogP contribution is -2.22. The first kappa shape index (κ1) is 12.6. The van der Waals surface area contributed by atoms with Gasteiger partial charge in [-0.25, -0.2) is 0 Å². The molecule has 0 spiro atoms. The molecule has 0 amide bonds. The van der Waals surface area contributed by atoms with Crippen LogP contribution in [0, 0.1) is 6.92 Å². The summed E-state index contributed by atoms with van der Waals surface area (Å²) in [4.78, 5) is 2.49. The summed E-state index contributed by atoms with van der Waals surface area (Å²) in [5.74, 6) is 2.49. The predicted molar refractivity (Wildman–Crippen MR) is 79.1 cm³/mol. The second-order valence-electron chi connectivity index (χ2n) is 4.63. The van der Waals surface area contributed by atoms with E-state index in [9.17, 15) is 0 Å². The largest absolute Gasteiger partial charge is 0.398 e. The standard InChI is InChI=1S/C14H22N2S/c1-3-17-8-4-6-16-7-5-12-9-11(2)13(15)10-14(12)16/h9-10H,3-8,15H2,1-2H3. The number of anilines is 2. The number of hydrogen-bond acceptors (Lipinski definition) is 3. The highest BCUT2D eigenvalue weighted by Crippen LogP contribution is 2.32. The Hall–Kier alpha value is -0.830. The van der Waals surface area contributed by atoms with Crippen molar-refractivity contribution in [3.05, 3.63) is 23.3 Å². The van der Waals surface area contributed by atoms with Crippen LogP contribution in [0.15, 0.2) is 12.1 Å². The van der Waals surface area contributed by atoms with Gasteiger partial charge in [-0.15, -0.1) is 0 Å². The van der Waals surface area contributed by atoms with Crippen molar-refractivity contribution < 1.29 is 0 Å². The fraction of sp³-hybridized carbons (Fsp3) is 0.571. The van der Waals surface area contributed by atoms with Crippen LogP contribution < -0.4 is 10.6 Å². The quantitative estimate of drug-likeness (QED) is 0.643. The van der Waals surface area contributed by atoms with Crippen LogP contribution in [0.1, 0.15) is 24.5 Å². The summed E-state index contributed by atoms with van der Waals surface area (Å²) in [6, 6.07) is 4.41. The molecule has 94 valence electrons. The molecule has 1 aliphatic heterocycles. The van der Waals surface area contributed by atoms with Crippen molar-refractivity contribution in [3.63, 3.8) is 0 Å². The molecule has 3 heteroatoms. The molecule has 0 radical (unpaired) electrons. The van der Waals surface area contributed by atoms with Gasteiger partial charge in [0.2, 0.25) is 0 Å². The number of aryl methyl sites for hydroxylation is 1. The molecule has 0 aliphatic carbocycles. The summed E-state index contributed by atoms with van der Waals surface area (Å²) in [5, 5.41) is 0. The van der Waals surface area contributed by atoms with Crippen LogP contribution in [0.3, 0.4) is 0 Å². The fourth-order valence-corrected chi connectivity index (χ4v) is 3.00.